The number of aromatic nitrogens is 1. The van der Waals surface area contributed by atoms with E-state index in [-0.39, 0.29) is 12.2 Å². The van der Waals surface area contributed by atoms with E-state index in [0.29, 0.717) is 0 Å². The van der Waals surface area contributed by atoms with Crippen LogP contribution in [0.25, 0.3) is 0 Å². The van der Waals surface area contributed by atoms with E-state index in [1.165, 1.54) is 6.92 Å². The summed E-state index contributed by atoms with van der Waals surface area (Å²) in [6, 6.07) is 0.946. The summed E-state index contributed by atoms with van der Waals surface area (Å²) in [6.07, 6.45) is -2.67. The van der Waals surface area contributed by atoms with E-state index in [1.54, 1.807) is 0 Å². The van der Waals surface area contributed by atoms with Gasteiger partial charge in [0, 0.05) is 11.8 Å². The molecule has 0 amide bonds. The number of rotatable bonds is 5. The van der Waals surface area contributed by atoms with Crippen molar-refractivity contribution in [2.45, 2.75) is 19.1 Å². The predicted octanol–water partition coefficient (Wildman–Crippen LogP) is -0.0353. The van der Waals surface area contributed by atoms with E-state index >= 15 is 0 Å². The van der Waals surface area contributed by atoms with Gasteiger partial charge in [-0.1, -0.05) is 0 Å². The molecule has 0 saturated heterocycles. The molecular weight excluding hydrogens is 273 g/mol. The highest BCUT2D eigenvalue weighted by atomic mass is 19.1. The number of hydrogen-bond donors (Lipinski definition) is 2. The first kappa shape index (κ1) is 16.0. The first-order valence-corrected chi connectivity index (χ1v) is 5.68. The molecule has 1 aromatic heterocycles. The van der Waals surface area contributed by atoms with Gasteiger partial charge in [0.25, 0.3) is 0 Å². The molecule has 0 spiro atoms. The fourth-order valence-electron chi connectivity index (χ4n) is 1.42. The summed E-state index contributed by atoms with van der Waals surface area (Å²) in [7, 11) is 1.05. The lowest BCUT2D eigenvalue weighted by Crippen LogP contribution is -2.30. The maximum atomic E-state index is 13.3. The van der Waals surface area contributed by atoms with Gasteiger partial charge >= 0.3 is 11.9 Å². The monoisotopic (exact) mass is 287 g/mol. The van der Waals surface area contributed by atoms with Gasteiger partial charge in [-0.3, -0.25) is 0 Å². The van der Waals surface area contributed by atoms with Crippen LogP contribution in [0.5, 0.6) is 0 Å². The first-order valence-electron chi connectivity index (χ1n) is 5.68. The van der Waals surface area contributed by atoms with Crippen molar-refractivity contribution in [2.75, 3.05) is 13.7 Å². The van der Waals surface area contributed by atoms with Crippen LogP contribution in [0, 0.1) is 5.95 Å². The zero-order valence-corrected chi connectivity index (χ0v) is 10.9. The molecule has 0 saturated carbocycles. The van der Waals surface area contributed by atoms with Crippen LogP contribution in [0.15, 0.2) is 12.3 Å². The van der Waals surface area contributed by atoms with Crippen molar-refractivity contribution in [3.63, 3.8) is 0 Å². The van der Waals surface area contributed by atoms with Crippen molar-refractivity contribution in [3.05, 3.63) is 29.3 Å². The van der Waals surface area contributed by atoms with Crippen molar-refractivity contribution in [3.8, 4) is 0 Å². The number of hydrogen-bond acceptors (Lipinski definition) is 7. The molecular formula is C12H14FNO6. The van der Waals surface area contributed by atoms with Crippen LogP contribution in [0.1, 0.15) is 28.9 Å². The summed E-state index contributed by atoms with van der Waals surface area (Å²) < 4.78 is 22.2. The normalized spacial score (nSPS) is 13.4. The molecule has 1 aromatic rings. The van der Waals surface area contributed by atoms with E-state index in [2.05, 4.69) is 14.5 Å². The fraction of sp³-hybridized carbons (Fsp3) is 0.417. The third kappa shape index (κ3) is 3.49. The van der Waals surface area contributed by atoms with Crippen LogP contribution in [0.3, 0.4) is 0 Å². The standard InChI is InChI=1S/C12H14FNO6/c1-3-20-12(18)9(16)8(15)6-4-7(11(17)19-2)10(13)14-5-6/h4-5,8-9,15-16H,3H2,1-2H3. The fourth-order valence-corrected chi connectivity index (χ4v) is 1.42. The second-order valence-corrected chi connectivity index (χ2v) is 3.74. The Hall–Kier alpha value is -2.06. The molecule has 0 bridgehead atoms. The van der Waals surface area contributed by atoms with Gasteiger partial charge in [0.2, 0.25) is 5.95 Å². The molecule has 20 heavy (non-hydrogen) atoms. The quantitative estimate of drug-likeness (QED) is 0.578. The van der Waals surface area contributed by atoms with Gasteiger partial charge in [0.1, 0.15) is 11.7 Å². The largest absolute Gasteiger partial charge is 0.465 e. The zero-order valence-electron chi connectivity index (χ0n) is 10.9. The van der Waals surface area contributed by atoms with Gasteiger partial charge in [-0.25, -0.2) is 14.6 Å². The molecule has 0 aliphatic rings. The molecule has 2 atom stereocenters. The maximum Gasteiger partial charge on any atom is 0.342 e. The summed E-state index contributed by atoms with van der Waals surface area (Å²) in [5.41, 5.74) is -0.632. The van der Waals surface area contributed by atoms with E-state index in [0.717, 1.165) is 19.4 Å². The maximum absolute atomic E-state index is 13.3. The highest BCUT2D eigenvalue weighted by Gasteiger charge is 2.28. The van der Waals surface area contributed by atoms with E-state index < -0.39 is 35.7 Å². The van der Waals surface area contributed by atoms with E-state index in [1.807, 2.05) is 0 Å². The minimum absolute atomic E-state index is 0.0255. The van der Waals surface area contributed by atoms with Crippen LogP contribution in [-0.2, 0) is 14.3 Å². The minimum atomic E-state index is -1.87. The summed E-state index contributed by atoms with van der Waals surface area (Å²) in [6.45, 7) is 1.56. The van der Waals surface area contributed by atoms with Gasteiger partial charge < -0.3 is 19.7 Å². The van der Waals surface area contributed by atoms with Gasteiger partial charge in [0.15, 0.2) is 6.10 Å². The molecule has 0 aliphatic carbocycles. The molecule has 1 rings (SSSR count). The summed E-state index contributed by atoms with van der Waals surface area (Å²) in [5.74, 6) is -3.11. The van der Waals surface area contributed by atoms with Crippen LogP contribution in [0.4, 0.5) is 4.39 Å². The number of carbonyl (C=O) groups is 2. The Kier molecular flexibility index (Phi) is 5.53. The number of aliphatic hydroxyl groups is 2. The van der Waals surface area contributed by atoms with E-state index in [9.17, 15) is 24.2 Å². The van der Waals surface area contributed by atoms with Gasteiger partial charge in [-0.15, -0.1) is 0 Å². The lowest BCUT2D eigenvalue weighted by Gasteiger charge is -2.16. The molecule has 2 N–H and O–H groups in total. The minimum Gasteiger partial charge on any atom is -0.465 e. The topological polar surface area (TPSA) is 106 Å². The second-order valence-electron chi connectivity index (χ2n) is 3.74. The lowest BCUT2D eigenvalue weighted by atomic mass is 10.0. The van der Waals surface area contributed by atoms with Crippen molar-refractivity contribution < 1.29 is 33.7 Å². The van der Waals surface area contributed by atoms with Gasteiger partial charge in [-0.05, 0) is 13.0 Å². The number of esters is 2. The highest BCUT2D eigenvalue weighted by Crippen LogP contribution is 2.20. The Morgan fingerprint density at radius 2 is 2.10 bits per heavy atom. The molecule has 2 unspecified atom stereocenters. The molecule has 0 radical (unpaired) electrons. The second kappa shape index (κ2) is 6.92. The number of aliphatic hydroxyl groups excluding tert-OH is 2. The Morgan fingerprint density at radius 1 is 1.45 bits per heavy atom. The molecule has 0 aliphatic heterocycles. The Bertz CT molecular complexity index is 507. The average molecular weight is 287 g/mol. The molecule has 0 aromatic carbocycles. The summed E-state index contributed by atoms with van der Waals surface area (Å²) >= 11 is 0. The molecule has 7 nitrogen and oxygen atoms in total. The van der Waals surface area contributed by atoms with E-state index in [4.69, 9.17) is 0 Å². The lowest BCUT2D eigenvalue weighted by molar-refractivity contribution is -0.159. The Labute approximate surface area is 114 Å². The number of pyridine rings is 1. The van der Waals surface area contributed by atoms with Crippen molar-refractivity contribution in [1.82, 2.24) is 4.98 Å². The third-order valence-electron chi connectivity index (χ3n) is 2.43. The van der Waals surface area contributed by atoms with Crippen molar-refractivity contribution in [1.29, 1.82) is 0 Å². The van der Waals surface area contributed by atoms with Crippen LogP contribution < -0.4 is 0 Å². The van der Waals surface area contributed by atoms with Gasteiger partial charge in [0.05, 0.1) is 13.7 Å². The summed E-state index contributed by atoms with van der Waals surface area (Å²) in [5, 5.41) is 19.4. The number of methoxy groups -OCH3 is 1. The third-order valence-corrected chi connectivity index (χ3v) is 2.43. The smallest absolute Gasteiger partial charge is 0.342 e. The molecule has 0 fully saturated rings. The Morgan fingerprint density at radius 3 is 2.65 bits per heavy atom. The Balaban J connectivity index is 3.02. The van der Waals surface area contributed by atoms with Crippen molar-refractivity contribution in [2.24, 2.45) is 0 Å². The predicted molar refractivity (Wildman–Crippen MR) is 63.1 cm³/mol. The number of halogens is 1. The zero-order chi connectivity index (χ0) is 15.3. The van der Waals surface area contributed by atoms with Crippen LogP contribution in [-0.4, -0.2) is 47.0 Å². The van der Waals surface area contributed by atoms with Crippen molar-refractivity contribution >= 4 is 11.9 Å². The van der Waals surface area contributed by atoms with Crippen LogP contribution >= 0.6 is 0 Å². The number of ether oxygens (including phenoxy) is 2. The first-order chi connectivity index (χ1) is 9.42. The molecule has 1 heterocycles. The number of carbonyl (C=O) groups excluding carboxylic acids is 2. The number of nitrogens with zero attached hydrogens (tertiary/aromatic N) is 1. The molecule has 8 heteroatoms. The highest BCUT2D eigenvalue weighted by molar-refractivity contribution is 5.89. The molecule has 110 valence electrons. The average Bonchev–Trinajstić information content (AvgIpc) is 2.45. The SMILES string of the molecule is CCOC(=O)C(O)C(O)c1cnc(F)c(C(=O)OC)c1. The summed E-state index contributed by atoms with van der Waals surface area (Å²) in [4.78, 5) is 25.8. The van der Waals surface area contributed by atoms with Crippen LogP contribution in [0.2, 0.25) is 0 Å². The van der Waals surface area contributed by atoms with Gasteiger partial charge in [-0.2, -0.15) is 4.39 Å².